The summed E-state index contributed by atoms with van der Waals surface area (Å²) >= 11 is 5.72. The molecule has 1 aromatic carbocycles. The van der Waals surface area contributed by atoms with Crippen LogP contribution in [0.15, 0.2) is 48.7 Å². The van der Waals surface area contributed by atoms with Crippen molar-refractivity contribution in [2.75, 3.05) is 0 Å². The van der Waals surface area contributed by atoms with Crippen molar-refractivity contribution >= 4 is 23.5 Å². The molecule has 3 nitrogen and oxygen atoms in total. The van der Waals surface area contributed by atoms with Crippen molar-refractivity contribution in [1.82, 2.24) is 4.98 Å². The average molecular weight is 269 g/mol. The molecule has 92 valence electrons. The number of nitrogens with zero attached hydrogens (tertiary/aromatic N) is 2. The van der Waals surface area contributed by atoms with Crippen LogP contribution in [0.4, 0.5) is 0 Å². The van der Waals surface area contributed by atoms with E-state index >= 15 is 0 Å². The molecular weight excluding hydrogens is 260 g/mol. The summed E-state index contributed by atoms with van der Waals surface area (Å²) in [4.78, 5) is 15.7. The SMILES string of the molecule is N#Cc1cccc(/C=C/C(=O)c2ccnc(Cl)c2)c1. The van der Waals surface area contributed by atoms with Crippen LogP contribution in [0.1, 0.15) is 21.5 Å². The number of carbonyl (C=O) groups is 1. The minimum atomic E-state index is -0.160. The molecular formula is C15H9ClN2O. The number of benzene rings is 1. The van der Waals surface area contributed by atoms with Crippen LogP contribution in [-0.4, -0.2) is 10.8 Å². The summed E-state index contributed by atoms with van der Waals surface area (Å²) in [7, 11) is 0. The maximum atomic E-state index is 11.9. The quantitative estimate of drug-likeness (QED) is 0.486. The predicted octanol–water partition coefficient (Wildman–Crippen LogP) is 3.50. The fourth-order valence-electron chi connectivity index (χ4n) is 1.54. The number of carbonyl (C=O) groups excluding carboxylic acids is 1. The normalized spacial score (nSPS) is 10.3. The molecule has 0 amide bonds. The summed E-state index contributed by atoms with van der Waals surface area (Å²) in [6, 6.07) is 12.2. The highest BCUT2D eigenvalue weighted by atomic mass is 35.5. The number of rotatable bonds is 3. The Bertz CT molecular complexity index is 687. The molecule has 0 atom stereocenters. The molecule has 19 heavy (non-hydrogen) atoms. The molecule has 0 bridgehead atoms. The van der Waals surface area contributed by atoms with Gasteiger partial charge in [0.05, 0.1) is 11.6 Å². The van der Waals surface area contributed by atoms with Gasteiger partial charge in [-0.3, -0.25) is 4.79 Å². The van der Waals surface area contributed by atoms with Gasteiger partial charge in [0.25, 0.3) is 0 Å². The van der Waals surface area contributed by atoms with Gasteiger partial charge in [0.15, 0.2) is 5.78 Å². The van der Waals surface area contributed by atoms with E-state index in [1.54, 1.807) is 30.3 Å². The number of hydrogen-bond acceptors (Lipinski definition) is 3. The van der Waals surface area contributed by atoms with Crippen LogP contribution in [0.2, 0.25) is 5.15 Å². The Morgan fingerprint density at radius 3 is 2.89 bits per heavy atom. The maximum absolute atomic E-state index is 11.9. The summed E-state index contributed by atoms with van der Waals surface area (Å²) in [5.74, 6) is -0.160. The van der Waals surface area contributed by atoms with Crippen LogP contribution in [0, 0.1) is 11.3 Å². The summed E-state index contributed by atoms with van der Waals surface area (Å²) in [5.41, 5.74) is 1.83. The average Bonchev–Trinajstić information content (AvgIpc) is 2.45. The zero-order valence-corrected chi connectivity index (χ0v) is 10.6. The molecule has 0 aliphatic rings. The van der Waals surface area contributed by atoms with E-state index in [9.17, 15) is 4.79 Å². The molecule has 0 spiro atoms. The van der Waals surface area contributed by atoms with E-state index in [1.165, 1.54) is 18.3 Å². The molecule has 4 heteroatoms. The first kappa shape index (κ1) is 13.0. The van der Waals surface area contributed by atoms with Gasteiger partial charge in [0.1, 0.15) is 5.15 Å². The Balaban J connectivity index is 2.18. The van der Waals surface area contributed by atoms with E-state index < -0.39 is 0 Å². The zero-order chi connectivity index (χ0) is 13.7. The van der Waals surface area contributed by atoms with Gasteiger partial charge in [-0.15, -0.1) is 0 Å². The second kappa shape index (κ2) is 5.94. The van der Waals surface area contributed by atoms with E-state index in [4.69, 9.17) is 16.9 Å². The van der Waals surface area contributed by atoms with Crippen LogP contribution >= 0.6 is 11.6 Å². The molecule has 0 unspecified atom stereocenters. The van der Waals surface area contributed by atoms with Crippen LogP contribution < -0.4 is 0 Å². The number of halogens is 1. The van der Waals surface area contributed by atoms with Crippen LogP contribution in [0.5, 0.6) is 0 Å². The highest BCUT2D eigenvalue weighted by molar-refractivity contribution is 6.29. The Morgan fingerprint density at radius 2 is 2.16 bits per heavy atom. The van der Waals surface area contributed by atoms with Crippen molar-refractivity contribution in [2.45, 2.75) is 0 Å². The lowest BCUT2D eigenvalue weighted by atomic mass is 10.1. The third kappa shape index (κ3) is 3.51. The lowest BCUT2D eigenvalue weighted by Gasteiger charge is -1.96. The minimum Gasteiger partial charge on any atom is -0.289 e. The Hall–Kier alpha value is -2.44. The molecule has 1 heterocycles. The van der Waals surface area contributed by atoms with Gasteiger partial charge in [-0.2, -0.15) is 5.26 Å². The largest absolute Gasteiger partial charge is 0.289 e. The number of ketones is 1. The summed E-state index contributed by atoms with van der Waals surface area (Å²) in [6.07, 6.45) is 4.60. The van der Waals surface area contributed by atoms with E-state index in [1.807, 2.05) is 12.1 Å². The van der Waals surface area contributed by atoms with E-state index in [-0.39, 0.29) is 10.9 Å². The highest BCUT2D eigenvalue weighted by Gasteiger charge is 2.02. The third-order valence-corrected chi connectivity index (χ3v) is 2.66. The maximum Gasteiger partial charge on any atom is 0.186 e. The van der Waals surface area contributed by atoms with Crippen molar-refractivity contribution in [2.24, 2.45) is 0 Å². The van der Waals surface area contributed by atoms with Gasteiger partial charge >= 0.3 is 0 Å². The Kier molecular flexibility index (Phi) is 4.07. The molecule has 0 fully saturated rings. The number of pyridine rings is 1. The molecule has 0 N–H and O–H groups in total. The summed E-state index contributed by atoms with van der Waals surface area (Å²) in [5, 5.41) is 9.07. The molecule has 0 aliphatic carbocycles. The topological polar surface area (TPSA) is 53.8 Å². The molecule has 0 saturated heterocycles. The van der Waals surface area contributed by atoms with Crippen molar-refractivity contribution in [1.29, 1.82) is 5.26 Å². The molecule has 2 aromatic rings. The molecule has 0 saturated carbocycles. The molecule has 2 rings (SSSR count). The molecule has 0 aliphatic heterocycles. The Morgan fingerprint density at radius 1 is 1.32 bits per heavy atom. The number of nitriles is 1. The minimum absolute atomic E-state index is 0.160. The second-order valence-electron chi connectivity index (χ2n) is 3.80. The molecule has 0 radical (unpaired) electrons. The first-order valence-electron chi connectivity index (χ1n) is 5.53. The summed E-state index contributed by atoms with van der Waals surface area (Å²) < 4.78 is 0. The van der Waals surface area contributed by atoms with Crippen LogP contribution in [0.3, 0.4) is 0 Å². The van der Waals surface area contributed by atoms with E-state index in [2.05, 4.69) is 4.98 Å². The van der Waals surface area contributed by atoms with Crippen LogP contribution in [-0.2, 0) is 0 Å². The predicted molar refractivity (Wildman–Crippen MR) is 73.8 cm³/mol. The molecule has 1 aromatic heterocycles. The fraction of sp³-hybridized carbons (Fsp3) is 0. The van der Waals surface area contributed by atoms with Crippen molar-refractivity contribution in [3.8, 4) is 6.07 Å². The lowest BCUT2D eigenvalue weighted by molar-refractivity contribution is 0.104. The smallest absolute Gasteiger partial charge is 0.186 e. The van der Waals surface area contributed by atoms with E-state index in [0.717, 1.165) is 5.56 Å². The van der Waals surface area contributed by atoms with Crippen molar-refractivity contribution in [3.63, 3.8) is 0 Å². The first-order valence-corrected chi connectivity index (χ1v) is 5.91. The number of aromatic nitrogens is 1. The lowest BCUT2D eigenvalue weighted by Crippen LogP contribution is -1.94. The zero-order valence-electron chi connectivity index (χ0n) is 9.88. The third-order valence-electron chi connectivity index (χ3n) is 2.45. The monoisotopic (exact) mass is 268 g/mol. The number of allylic oxidation sites excluding steroid dienone is 1. The van der Waals surface area contributed by atoms with Crippen molar-refractivity contribution < 1.29 is 4.79 Å². The fourth-order valence-corrected chi connectivity index (χ4v) is 1.71. The van der Waals surface area contributed by atoms with Gasteiger partial charge in [0, 0.05) is 11.8 Å². The van der Waals surface area contributed by atoms with Gasteiger partial charge in [-0.05, 0) is 35.9 Å². The standard InChI is InChI=1S/C15H9ClN2O/c16-15-9-13(6-7-18-15)14(19)5-4-11-2-1-3-12(8-11)10-17/h1-9H/b5-4+. The van der Waals surface area contributed by atoms with Gasteiger partial charge in [-0.25, -0.2) is 4.98 Å². The first-order chi connectivity index (χ1) is 9.19. The van der Waals surface area contributed by atoms with Crippen LogP contribution in [0.25, 0.3) is 6.08 Å². The Labute approximate surface area is 115 Å². The van der Waals surface area contributed by atoms with Gasteiger partial charge in [-0.1, -0.05) is 29.8 Å². The van der Waals surface area contributed by atoms with Gasteiger partial charge in [0.2, 0.25) is 0 Å². The summed E-state index contributed by atoms with van der Waals surface area (Å²) in [6.45, 7) is 0. The number of hydrogen-bond donors (Lipinski definition) is 0. The van der Waals surface area contributed by atoms with E-state index in [0.29, 0.717) is 11.1 Å². The van der Waals surface area contributed by atoms with Crippen molar-refractivity contribution in [3.05, 3.63) is 70.5 Å². The second-order valence-corrected chi connectivity index (χ2v) is 4.19. The van der Waals surface area contributed by atoms with Gasteiger partial charge < -0.3 is 0 Å². The highest BCUT2D eigenvalue weighted by Crippen LogP contribution is 2.10.